The number of hydrogen-bond donors (Lipinski definition) is 1. The Bertz CT molecular complexity index is 1420. The molecule has 0 unspecified atom stereocenters. The molecule has 0 aromatic heterocycles. The first kappa shape index (κ1) is 27.9. The molecular weight excluding hydrogens is 538 g/mol. The van der Waals surface area contributed by atoms with Crippen molar-refractivity contribution >= 4 is 58.0 Å². The van der Waals surface area contributed by atoms with Crippen LogP contribution in [0, 0.1) is 0 Å². The first-order valence-electron chi connectivity index (χ1n) is 12.1. The highest BCUT2D eigenvalue weighted by atomic mass is 35.5. The third-order valence-corrected chi connectivity index (χ3v) is 6.68. The first-order chi connectivity index (χ1) is 18.8. The normalized spacial score (nSPS) is 13.7. The summed E-state index contributed by atoms with van der Waals surface area (Å²) in [4.78, 5) is 43.1. The van der Waals surface area contributed by atoms with E-state index in [1.54, 1.807) is 48.5 Å². The monoisotopic (exact) mass is 563 g/mol. The maximum absolute atomic E-state index is 12.7. The number of ether oxygens (including phenoxy) is 2. The lowest BCUT2D eigenvalue weighted by molar-refractivity contribution is -0.123. The summed E-state index contributed by atoms with van der Waals surface area (Å²) in [5.74, 6) is -0.164. The van der Waals surface area contributed by atoms with E-state index in [4.69, 9.17) is 21.1 Å². The van der Waals surface area contributed by atoms with Gasteiger partial charge in [0, 0.05) is 18.5 Å². The van der Waals surface area contributed by atoms with E-state index in [0.717, 1.165) is 17.3 Å². The van der Waals surface area contributed by atoms with Crippen molar-refractivity contribution in [1.29, 1.82) is 0 Å². The van der Waals surface area contributed by atoms with Gasteiger partial charge in [-0.2, -0.15) is 4.99 Å². The van der Waals surface area contributed by atoms with Crippen LogP contribution in [0.2, 0.25) is 5.02 Å². The minimum Gasteiger partial charge on any atom is -0.490 e. The number of anilines is 1. The van der Waals surface area contributed by atoms with E-state index >= 15 is 0 Å². The molecule has 3 aromatic carbocycles. The number of amidine groups is 1. The molecule has 1 heterocycles. The predicted molar refractivity (Wildman–Crippen MR) is 154 cm³/mol. The highest BCUT2D eigenvalue weighted by molar-refractivity contribution is 8.19. The van der Waals surface area contributed by atoms with Gasteiger partial charge < -0.3 is 14.8 Å². The Labute approximate surface area is 235 Å². The highest BCUT2D eigenvalue weighted by Crippen LogP contribution is 2.35. The van der Waals surface area contributed by atoms with Crippen LogP contribution in [0.15, 0.2) is 82.7 Å². The maximum Gasteiger partial charge on any atom is 0.286 e. The molecule has 0 atom stereocenters. The number of nitrogens with one attached hydrogen (secondary N) is 1. The quantitative estimate of drug-likeness (QED) is 0.347. The van der Waals surface area contributed by atoms with Gasteiger partial charge in [-0.3, -0.25) is 19.3 Å². The lowest BCUT2D eigenvalue weighted by Crippen LogP contribution is -2.32. The molecule has 4 rings (SSSR count). The first-order valence-corrected chi connectivity index (χ1v) is 13.3. The molecule has 0 saturated carbocycles. The van der Waals surface area contributed by atoms with Gasteiger partial charge in [0.2, 0.25) is 5.91 Å². The number of carbonyl (C=O) groups is 3. The third kappa shape index (κ3) is 7.49. The van der Waals surface area contributed by atoms with Gasteiger partial charge in [0.25, 0.3) is 11.8 Å². The van der Waals surface area contributed by atoms with Crippen LogP contribution in [0.5, 0.6) is 11.5 Å². The van der Waals surface area contributed by atoms with E-state index in [9.17, 15) is 14.4 Å². The Morgan fingerprint density at radius 2 is 1.77 bits per heavy atom. The van der Waals surface area contributed by atoms with Crippen LogP contribution in [0.1, 0.15) is 25.0 Å². The van der Waals surface area contributed by atoms with E-state index in [0.29, 0.717) is 45.8 Å². The Morgan fingerprint density at radius 3 is 2.46 bits per heavy atom. The van der Waals surface area contributed by atoms with Crippen molar-refractivity contribution in [3.63, 3.8) is 0 Å². The van der Waals surface area contributed by atoms with Gasteiger partial charge in [0.15, 0.2) is 23.3 Å². The number of rotatable bonds is 9. The molecule has 8 nitrogen and oxygen atoms in total. The lowest BCUT2D eigenvalue weighted by atomic mass is 10.2. The summed E-state index contributed by atoms with van der Waals surface area (Å²) in [6.45, 7) is 3.85. The molecule has 1 N–H and O–H groups in total. The van der Waals surface area contributed by atoms with Crippen LogP contribution in [-0.4, -0.2) is 36.1 Å². The van der Waals surface area contributed by atoms with Crippen molar-refractivity contribution in [2.45, 2.75) is 20.4 Å². The Hall–Kier alpha value is -4.08. The van der Waals surface area contributed by atoms with Gasteiger partial charge in [-0.1, -0.05) is 48.0 Å². The smallest absolute Gasteiger partial charge is 0.286 e. The molecule has 0 saturated heterocycles. The summed E-state index contributed by atoms with van der Waals surface area (Å²) in [5, 5.41) is 3.61. The Morgan fingerprint density at radius 1 is 1.03 bits per heavy atom. The molecular formula is C29H26ClN3O5S. The maximum atomic E-state index is 12.7. The van der Waals surface area contributed by atoms with E-state index < -0.39 is 5.91 Å². The fraction of sp³-hybridized carbons (Fsp3) is 0.172. The second-order valence-electron chi connectivity index (χ2n) is 8.33. The summed E-state index contributed by atoms with van der Waals surface area (Å²) < 4.78 is 11.4. The van der Waals surface area contributed by atoms with Gasteiger partial charge in [0.05, 0.1) is 17.2 Å². The molecule has 10 heteroatoms. The molecule has 1 aliphatic rings. The summed E-state index contributed by atoms with van der Waals surface area (Å²) in [7, 11) is 0. The van der Waals surface area contributed by atoms with Crippen LogP contribution in [0.25, 0.3) is 6.08 Å². The Balaban J connectivity index is 1.44. The molecule has 0 aliphatic carbocycles. The fourth-order valence-electron chi connectivity index (χ4n) is 3.65. The van der Waals surface area contributed by atoms with Crippen LogP contribution >= 0.6 is 23.4 Å². The van der Waals surface area contributed by atoms with E-state index in [2.05, 4.69) is 10.3 Å². The van der Waals surface area contributed by atoms with Crippen molar-refractivity contribution < 1.29 is 23.9 Å². The summed E-state index contributed by atoms with van der Waals surface area (Å²) in [5.41, 5.74) is 2.22. The topological polar surface area (TPSA) is 97.3 Å². The largest absolute Gasteiger partial charge is 0.490 e. The molecule has 3 aromatic rings. The standard InChI is InChI=1S/C29H26ClN3O5S/c1-3-37-25-15-21(9-14-24(25)38-18-27(35)31-17-20-7-5-4-6-8-20)16-26-28(36)32-29(39-26)33(19(2)34)23-12-10-22(30)11-13-23/h4-16H,3,17-18H2,1-2H3,(H,31,35). The molecule has 1 aliphatic heterocycles. The number of carbonyl (C=O) groups excluding carboxylic acids is 3. The van der Waals surface area contributed by atoms with E-state index in [1.807, 2.05) is 37.3 Å². The number of hydrogen-bond acceptors (Lipinski definition) is 6. The average Bonchev–Trinajstić information content (AvgIpc) is 3.27. The van der Waals surface area contributed by atoms with Gasteiger partial charge in [0.1, 0.15) is 0 Å². The van der Waals surface area contributed by atoms with Crippen LogP contribution in [-0.2, 0) is 20.9 Å². The Kier molecular flexibility index (Phi) is 9.40. The van der Waals surface area contributed by atoms with Gasteiger partial charge in [-0.05, 0) is 72.3 Å². The minimum atomic E-state index is -0.455. The lowest BCUT2D eigenvalue weighted by Gasteiger charge is -2.19. The van der Waals surface area contributed by atoms with Crippen molar-refractivity contribution in [3.05, 3.63) is 93.9 Å². The van der Waals surface area contributed by atoms with Crippen molar-refractivity contribution in [3.8, 4) is 11.5 Å². The van der Waals surface area contributed by atoms with Gasteiger partial charge in [-0.25, -0.2) is 0 Å². The van der Waals surface area contributed by atoms with Crippen LogP contribution in [0.3, 0.4) is 0 Å². The molecule has 39 heavy (non-hydrogen) atoms. The molecule has 0 fully saturated rings. The molecule has 0 radical (unpaired) electrons. The number of thioether (sulfide) groups is 1. The minimum absolute atomic E-state index is 0.176. The molecule has 3 amide bonds. The average molecular weight is 564 g/mol. The summed E-state index contributed by atoms with van der Waals surface area (Å²) in [6.07, 6.45) is 1.67. The summed E-state index contributed by atoms with van der Waals surface area (Å²) in [6, 6.07) is 21.5. The number of aliphatic imine (C=N–C) groups is 1. The number of amides is 3. The number of nitrogens with zero attached hydrogens (tertiary/aromatic N) is 2. The van der Waals surface area contributed by atoms with Gasteiger partial charge >= 0.3 is 0 Å². The van der Waals surface area contributed by atoms with Crippen LogP contribution < -0.4 is 19.7 Å². The highest BCUT2D eigenvalue weighted by Gasteiger charge is 2.29. The molecule has 0 bridgehead atoms. The molecule has 0 spiro atoms. The van der Waals surface area contributed by atoms with Crippen molar-refractivity contribution in [2.75, 3.05) is 18.1 Å². The zero-order chi connectivity index (χ0) is 27.8. The van der Waals surface area contributed by atoms with Crippen LogP contribution in [0.4, 0.5) is 5.69 Å². The predicted octanol–water partition coefficient (Wildman–Crippen LogP) is 5.46. The van der Waals surface area contributed by atoms with Crippen molar-refractivity contribution in [1.82, 2.24) is 5.32 Å². The molecule has 200 valence electrons. The zero-order valence-electron chi connectivity index (χ0n) is 21.3. The fourth-order valence-corrected chi connectivity index (χ4v) is 4.76. The second kappa shape index (κ2) is 13.1. The van der Waals surface area contributed by atoms with E-state index in [-0.39, 0.29) is 23.6 Å². The zero-order valence-corrected chi connectivity index (χ0v) is 22.9. The third-order valence-electron chi connectivity index (χ3n) is 5.46. The van der Waals surface area contributed by atoms with Gasteiger partial charge in [-0.15, -0.1) is 0 Å². The summed E-state index contributed by atoms with van der Waals surface area (Å²) >= 11 is 7.07. The number of halogens is 1. The van der Waals surface area contributed by atoms with Crippen molar-refractivity contribution in [2.24, 2.45) is 4.99 Å². The van der Waals surface area contributed by atoms with E-state index in [1.165, 1.54) is 11.8 Å². The second-order valence-corrected chi connectivity index (χ2v) is 9.78. The SMILES string of the molecule is CCOc1cc(C=C2SC(N(C(C)=O)c3ccc(Cl)cc3)=NC2=O)ccc1OCC(=O)NCc1ccccc1. The number of benzene rings is 3.